The molecule has 0 unspecified atom stereocenters. The number of morpholine rings is 1. The fraction of sp³-hybridized carbons (Fsp3) is 0.571. The van der Waals surface area contributed by atoms with E-state index in [1.807, 2.05) is 15.8 Å². The van der Waals surface area contributed by atoms with Crippen molar-refractivity contribution < 1.29 is 9.53 Å². The van der Waals surface area contributed by atoms with Crippen molar-refractivity contribution in [3.05, 3.63) is 43.6 Å². The van der Waals surface area contributed by atoms with Crippen LogP contribution >= 0.6 is 46.4 Å². The molecule has 2 fully saturated rings. The first kappa shape index (κ1) is 24.0. The van der Waals surface area contributed by atoms with Crippen LogP contribution in [0, 0.1) is 0 Å². The van der Waals surface area contributed by atoms with E-state index in [0.717, 1.165) is 51.3 Å². The molecule has 11 heteroatoms. The van der Waals surface area contributed by atoms with Crippen LogP contribution in [0.2, 0.25) is 20.1 Å². The third-order valence-corrected chi connectivity index (χ3v) is 7.39. The molecule has 0 bridgehead atoms. The van der Waals surface area contributed by atoms with Crippen molar-refractivity contribution in [1.29, 1.82) is 0 Å². The molecule has 1 saturated heterocycles. The number of carbonyl (C=O) groups excluding carboxylic acids is 1. The molecule has 7 nitrogen and oxygen atoms in total. The van der Waals surface area contributed by atoms with E-state index in [2.05, 4.69) is 22.1 Å². The zero-order chi connectivity index (χ0) is 22.8. The standard InChI is InChI=1S/C21H25Cl4N5O2/c1-13-12-32-8-7-28(13)10-14-11-29(27-26-14)5-2-6-30(15-3-4-15)21(31)18-19(24)16(22)9-17(23)20(18)25/h9,11,13,15H,2-8,10,12H2,1H3/t13-/m1/s1. The quantitative estimate of drug-likeness (QED) is 0.467. The molecule has 32 heavy (non-hydrogen) atoms. The average Bonchev–Trinajstić information content (AvgIpc) is 3.50. The van der Waals surface area contributed by atoms with Crippen LogP contribution in [0.15, 0.2) is 12.3 Å². The van der Waals surface area contributed by atoms with E-state index < -0.39 is 0 Å². The highest BCUT2D eigenvalue weighted by atomic mass is 35.5. The molecule has 1 saturated carbocycles. The lowest BCUT2D eigenvalue weighted by Crippen LogP contribution is -2.42. The molecular weight excluding hydrogens is 496 g/mol. The minimum atomic E-state index is -0.243. The Morgan fingerprint density at radius 3 is 2.59 bits per heavy atom. The van der Waals surface area contributed by atoms with E-state index in [0.29, 0.717) is 19.1 Å². The molecule has 1 aromatic heterocycles. The number of ether oxygens (including phenoxy) is 1. The first-order valence-corrected chi connectivity index (χ1v) is 12.2. The fourth-order valence-electron chi connectivity index (χ4n) is 3.87. The van der Waals surface area contributed by atoms with E-state index in [-0.39, 0.29) is 37.6 Å². The number of aryl methyl sites for hydroxylation is 1. The Morgan fingerprint density at radius 1 is 1.22 bits per heavy atom. The van der Waals surface area contributed by atoms with E-state index in [4.69, 9.17) is 51.1 Å². The topological polar surface area (TPSA) is 63.5 Å². The summed E-state index contributed by atoms with van der Waals surface area (Å²) in [5, 5.41) is 9.24. The minimum Gasteiger partial charge on any atom is -0.379 e. The number of aromatic nitrogens is 3. The highest BCUT2D eigenvalue weighted by Crippen LogP contribution is 2.39. The van der Waals surface area contributed by atoms with Crippen molar-refractivity contribution in [3.63, 3.8) is 0 Å². The van der Waals surface area contributed by atoms with Gasteiger partial charge in [-0.05, 0) is 32.3 Å². The summed E-state index contributed by atoms with van der Waals surface area (Å²) in [5.41, 5.74) is 1.10. The van der Waals surface area contributed by atoms with Gasteiger partial charge in [0.05, 0.1) is 44.6 Å². The fourth-order valence-corrected chi connectivity index (χ4v) is 4.84. The summed E-state index contributed by atoms with van der Waals surface area (Å²) in [6, 6.07) is 2.00. The number of rotatable bonds is 8. The molecule has 2 aromatic rings. The normalized spacial score (nSPS) is 19.3. The average molecular weight is 521 g/mol. The SMILES string of the molecule is C[C@@H]1COCCN1Cc1cn(CCCN(C(=O)c2c(Cl)c(Cl)cc(Cl)c2Cl)C2CC2)nn1. The van der Waals surface area contributed by atoms with E-state index in [9.17, 15) is 4.79 Å². The number of halogens is 4. The van der Waals surface area contributed by atoms with Crippen molar-refractivity contribution in [2.75, 3.05) is 26.3 Å². The van der Waals surface area contributed by atoms with E-state index in [1.165, 1.54) is 6.07 Å². The van der Waals surface area contributed by atoms with Crippen molar-refractivity contribution in [1.82, 2.24) is 24.8 Å². The van der Waals surface area contributed by atoms with Crippen LogP contribution in [0.4, 0.5) is 0 Å². The molecule has 1 atom stereocenters. The Bertz CT molecular complexity index is 955. The Kier molecular flexibility index (Phi) is 7.85. The van der Waals surface area contributed by atoms with Gasteiger partial charge in [-0.1, -0.05) is 51.6 Å². The maximum Gasteiger partial charge on any atom is 0.257 e. The summed E-state index contributed by atoms with van der Waals surface area (Å²) in [5.74, 6) is -0.243. The van der Waals surface area contributed by atoms with Gasteiger partial charge in [-0.15, -0.1) is 5.10 Å². The summed E-state index contributed by atoms with van der Waals surface area (Å²) in [4.78, 5) is 17.4. The number of carbonyl (C=O) groups is 1. The number of amides is 1. The van der Waals surface area contributed by atoms with Crippen LogP contribution in [0.3, 0.4) is 0 Å². The molecular formula is C21H25Cl4N5O2. The van der Waals surface area contributed by atoms with Crippen LogP contribution in [0.1, 0.15) is 42.2 Å². The summed E-state index contributed by atoms with van der Waals surface area (Å²) < 4.78 is 7.31. The van der Waals surface area contributed by atoms with Gasteiger partial charge in [0, 0.05) is 44.5 Å². The smallest absolute Gasteiger partial charge is 0.257 e. The second kappa shape index (κ2) is 10.5. The van der Waals surface area contributed by atoms with Gasteiger partial charge in [0.15, 0.2) is 0 Å². The molecule has 1 amide bonds. The van der Waals surface area contributed by atoms with E-state index in [1.54, 1.807) is 0 Å². The van der Waals surface area contributed by atoms with Gasteiger partial charge < -0.3 is 9.64 Å². The third kappa shape index (κ3) is 5.51. The summed E-state index contributed by atoms with van der Waals surface area (Å²) >= 11 is 24.9. The van der Waals surface area contributed by atoms with Gasteiger partial charge >= 0.3 is 0 Å². The Labute approximate surface area is 207 Å². The molecule has 174 valence electrons. The predicted molar refractivity (Wildman–Crippen MR) is 126 cm³/mol. The Balaban J connectivity index is 1.37. The third-order valence-electron chi connectivity index (χ3n) is 5.82. The van der Waals surface area contributed by atoms with Gasteiger partial charge in [0.1, 0.15) is 0 Å². The molecule has 2 heterocycles. The molecule has 2 aliphatic rings. The van der Waals surface area contributed by atoms with Crippen LogP contribution < -0.4 is 0 Å². The molecule has 1 aromatic carbocycles. The largest absolute Gasteiger partial charge is 0.379 e. The van der Waals surface area contributed by atoms with Gasteiger partial charge in [-0.3, -0.25) is 14.4 Å². The first-order valence-electron chi connectivity index (χ1n) is 10.7. The summed E-state index contributed by atoms with van der Waals surface area (Å²) in [6.45, 7) is 6.49. The summed E-state index contributed by atoms with van der Waals surface area (Å²) in [6.07, 6.45) is 4.61. The van der Waals surface area contributed by atoms with Crippen molar-refractivity contribution in [2.24, 2.45) is 0 Å². The molecule has 1 aliphatic heterocycles. The Morgan fingerprint density at radius 2 is 1.94 bits per heavy atom. The predicted octanol–water partition coefficient (Wildman–Crippen LogP) is 4.81. The van der Waals surface area contributed by atoms with E-state index >= 15 is 0 Å². The highest BCUT2D eigenvalue weighted by molar-refractivity contribution is 6.50. The van der Waals surface area contributed by atoms with Gasteiger partial charge in [0.25, 0.3) is 5.91 Å². The van der Waals surface area contributed by atoms with Crippen LogP contribution in [-0.2, 0) is 17.8 Å². The monoisotopic (exact) mass is 519 g/mol. The zero-order valence-electron chi connectivity index (χ0n) is 17.7. The Hall–Kier alpha value is -1.09. The molecule has 0 N–H and O–H groups in total. The van der Waals surface area contributed by atoms with Gasteiger partial charge in [-0.2, -0.15) is 0 Å². The second-order valence-electron chi connectivity index (χ2n) is 8.29. The lowest BCUT2D eigenvalue weighted by molar-refractivity contribution is -0.00492. The van der Waals surface area contributed by atoms with Gasteiger partial charge in [0.2, 0.25) is 0 Å². The number of benzene rings is 1. The maximum absolute atomic E-state index is 13.3. The molecule has 1 aliphatic carbocycles. The van der Waals surface area contributed by atoms with Crippen molar-refractivity contribution >= 4 is 52.3 Å². The lowest BCUT2D eigenvalue weighted by Gasteiger charge is -2.32. The number of hydrogen-bond donors (Lipinski definition) is 0. The number of hydrogen-bond acceptors (Lipinski definition) is 5. The second-order valence-corrected chi connectivity index (χ2v) is 9.86. The van der Waals surface area contributed by atoms with Crippen molar-refractivity contribution in [3.8, 4) is 0 Å². The van der Waals surface area contributed by atoms with Crippen LogP contribution in [-0.4, -0.2) is 69.1 Å². The van der Waals surface area contributed by atoms with Gasteiger partial charge in [-0.25, -0.2) is 0 Å². The zero-order valence-corrected chi connectivity index (χ0v) is 20.8. The molecule has 4 rings (SSSR count). The molecule has 0 spiro atoms. The van der Waals surface area contributed by atoms with Crippen LogP contribution in [0.5, 0.6) is 0 Å². The maximum atomic E-state index is 13.3. The first-order chi connectivity index (χ1) is 15.3. The highest BCUT2D eigenvalue weighted by Gasteiger charge is 2.35. The summed E-state index contributed by atoms with van der Waals surface area (Å²) in [7, 11) is 0. The lowest BCUT2D eigenvalue weighted by atomic mass is 10.1. The minimum absolute atomic E-state index is 0.134. The van der Waals surface area contributed by atoms with Crippen molar-refractivity contribution in [2.45, 2.75) is 51.4 Å². The molecule has 0 radical (unpaired) electrons. The number of nitrogens with zero attached hydrogens (tertiary/aromatic N) is 5. The van der Waals surface area contributed by atoms with Crippen LogP contribution in [0.25, 0.3) is 0 Å².